The second kappa shape index (κ2) is 75.0. The molecule has 0 aliphatic rings. The Morgan fingerprint density at radius 3 is 1.43 bits per heavy atom. The zero-order valence-electron chi connectivity index (χ0n) is 44.4. The first-order valence-corrected chi connectivity index (χ1v) is 26.4. The van der Waals surface area contributed by atoms with Crippen LogP contribution in [0.1, 0.15) is 235 Å². The summed E-state index contributed by atoms with van der Waals surface area (Å²) in [5.41, 5.74) is 0. The number of hydrogen-bond donors (Lipinski definition) is 3. The number of esters is 1. The topological polar surface area (TPSA) is 144 Å². The number of ether oxygens (including phenoxy) is 4. The molecule has 0 bridgehead atoms. The summed E-state index contributed by atoms with van der Waals surface area (Å²) in [4.78, 5) is 27.7. The Labute approximate surface area is 428 Å². The fourth-order valence-electron chi connectivity index (χ4n) is 6.25. The van der Waals surface area contributed by atoms with Crippen molar-refractivity contribution in [3.8, 4) is 0 Å². The van der Waals surface area contributed by atoms with Gasteiger partial charge in [-0.2, -0.15) is 0 Å². The minimum absolute atomic E-state index is 0. The summed E-state index contributed by atoms with van der Waals surface area (Å²) < 4.78 is 20.9. The Kier molecular flexibility index (Phi) is 87.7. The molecule has 391 valence electrons. The number of methoxy groups -OCH3 is 1. The molecular formula is C53H111NO10Y. The van der Waals surface area contributed by atoms with Gasteiger partial charge in [-0.05, 0) is 58.4 Å². The van der Waals surface area contributed by atoms with Crippen molar-refractivity contribution in [3.63, 3.8) is 0 Å². The largest absolute Gasteiger partial charge is 0.498 e. The van der Waals surface area contributed by atoms with Gasteiger partial charge in [0.2, 0.25) is 0 Å². The molecule has 3 N–H and O–H groups in total. The van der Waals surface area contributed by atoms with Gasteiger partial charge < -0.3 is 38.9 Å². The first-order chi connectivity index (χ1) is 31.3. The Hall–Kier alpha value is -0.496. The predicted octanol–water partition coefficient (Wildman–Crippen LogP) is 13.7. The van der Waals surface area contributed by atoms with E-state index in [1.165, 1.54) is 141 Å². The average Bonchev–Trinajstić information content (AvgIpc) is 3.31. The SMILES string of the molecule is C=C(C)OCC(CO)COC(=O)CCCCCC=O.CC.CCCCCCCCCCOC.CCCCCCCCCOCCCCCCCCC.CCN(CCCO)CCCOO.[Y]. The maximum atomic E-state index is 11.4. The van der Waals surface area contributed by atoms with Crippen molar-refractivity contribution in [2.75, 3.05) is 79.6 Å². The molecule has 0 fully saturated rings. The number of allylic oxidation sites excluding steroid dienone is 1. The van der Waals surface area contributed by atoms with E-state index in [0.29, 0.717) is 31.8 Å². The molecule has 0 amide bonds. The van der Waals surface area contributed by atoms with Crippen molar-refractivity contribution >= 4 is 12.3 Å². The quantitative estimate of drug-likeness (QED) is 0.0134. The number of unbranched alkanes of at least 4 members (excludes halogenated alkanes) is 22. The van der Waals surface area contributed by atoms with E-state index in [0.717, 1.165) is 77.8 Å². The standard InChI is InChI=1S/C18H38O.C14H24O5.C11H24O.C8H19NO3.C2H6.Y/c1-3-5-7-9-11-13-15-17-19-18-16-14-12-10-8-6-4-2;1-12(2)18-10-13(9-16)11-19-14(17)7-5-3-4-6-8-15;1-3-4-5-6-7-8-9-10-11-12-2;1-2-9(5-3-7-10)6-4-8-12-11;1-2;/h3-18H2,1-2H3;8,13,16H,1,3-7,9-11H2,2H3;3-11H2,1-2H3;10-11H,2-8H2,1H3;1-2H3;. The second-order valence-electron chi connectivity index (χ2n) is 16.5. The third-order valence-electron chi connectivity index (χ3n) is 10.3. The molecule has 1 radical (unpaired) electrons. The first-order valence-electron chi connectivity index (χ1n) is 26.4. The van der Waals surface area contributed by atoms with Gasteiger partial charge in [-0.3, -0.25) is 10.1 Å². The second-order valence-corrected chi connectivity index (χ2v) is 16.5. The molecule has 11 nitrogen and oxygen atoms in total. The summed E-state index contributed by atoms with van der Waals surface area (Å²) in [7, 11) is 1.78. The van der Waals surface area contributed by atoms with E-state index in [9.17, 15) is 9.59 Å². The molecule has 0 aliphatic carbocycles. The summed E-state index contributed by atoms with van der Waals surface area (Å²) >= 11 is 0. The molecule has 0 saturated heterocycles. The third kappa shape index (κ3) is 80.9. The molecule has 1 atom stereocenters. The van der Waals surface area contributed by atoms with Crippen LogP contribution in [-0.4, -0.2) is 112 Å². The fourth-order valence-corrected chi connectivity index (χ4v) is 6.25. The van der Waals surface area contributed by atoms with Crippen molar-refractivity contribution < 1.29 is 81.6 Å². The van der Waals surface area contributed by atoms with Gasteiger partial charge in [0.1, 0.15) is 6.29 Å². The summed E-state index contributed by atoms with van der Waals surface area (Å²) in [6, 6.07) is 0. The number of aliphatic hydroxyl groups excluding tert-OH is 2. The van der Waals surface area contributed by atoms with Gasteiger partial charge in [-0.15, -0.1) is 0 Å². The smallest absolute Gasteiger partial charge is 0.305 e. The Morgan fingerprint density at radius 1 is 0.600 bits per heavy atom. The normalized spacial score (nSPS) is 10.7. The summed E-state index contributed by atoms with van der Waals surface area (Å²) in [6.45, 7) is 24.9. The van der Waals surface area contributed by atoms with Crippen LogP contribution in [0.4, 0.5) is 0 Å². The molecule has 0 spiro atoms. The molecule has 0 rings (SSSR count). The number of rotatable bonds is 45. The molecule has 12 heteroatoms. The van der Waals surface area contributed by atoms with Crippen molar-refractivity contribution in [1.82, 2.24) is 4.90 Å². The van der Waals surface area contributed by atoms with E-state index in [2.05, 4.69) is 44.1 Å². The molecule has 0 saturated carbocycles. The number of carbonyl (C=O) groups excluding carboxylic acids is 2. The van der Waals surface area contributed by atoms with Gasteiger partial charge in [0.25, 0.3) is 0 Å². The zero-order chi connectivity index (χ0) is 48.8. The average molecular weight is 1010 g/mol. The molecule has 0 aromatic carbocycles. The van der Waals surface area contributed by atoms with E-state index in [-0.39, 0.29) is 64.4 Å². The molecule has 65 heavy (non-hydrogen) atoms. The van der Waals surface area contributed by atoms with Crippen LogP contribution in [0, 0.1) is 5.92 Å². The monoisotopic (exact) mass is 1010 g/mol. The van der Waals surface area contributed by atoms with Gasteiger partial charge in [-0.25, -0.2) is 4.89 Å². The van der Waals surface area contributed by atoms with Crippen LogP contribution >= 0.6 is 0 Å². The van der Waals surface area contributed by atoms with Crippen LogP contribution in [0.25, 0.3) is 0 Å². The maximum absolute atomic E-state index is 11.4. The van der Waals surface area contributed by atoms with Crippen LogP contribution in [0.3, 0.4) is 0 Å². The number of aliphatic hydroxyl groups is 2. The Balaban J connectivity index is -0.000000179. The van der Waals surface area contributed by atoms with Gasteiger partial charge in [-0.1, -0.05) is 177 Å². The zero-order valence-corrected chi connectivity index (χ0v) is 47.2. The van der Waals surface area contributed by atoms with Crippen molar-refractivity contribution in [3.05, 3.63) is 12.3 Å². The van der Waals surface area contributed by atoms with E-state index in [1.54, 1.807) is 14.0 Å². The summed E-state index contributed by atoms with van der Waals surface area (Å²) in [5, 5.41) is 25.8. The fraction of sp³-hybridized carbons (Fsp3) is 0.925. The number of carbonyl (C=O) groups is 2. The summed E-state index contributed by atoms with van der Waals surface area (Å²) in [5.74, 6) is 0.0653. The van der Waals surface area contributed by atoms with Gasteiger partial charge in [0.05, 0.1) is 38.1 Å². The first kappa shape index (κ1) is 76.0. The van der Waals surface area contributed by atoms with E-state index in [4.69, 9.17) is 34.4 Å². The minimum atomic E-state index is -0.278. The minimum Gasteiger partial charge on any atom is -0.498 e. The molecular weight excluding hydrogens is 899 g/mol. The Bertz CT molecular complexity index is 817. The van der Waals surface area contributed by atoms with Crippen LogP contribution in [0.2, 0.25) is 0 Å². The van der Waals surface area contributed by atoms with E-state index >= 15 is 0 Å². The van der Waals surface area contributed by atoms with Gasteiger partial charge in [0, 0.05) is 92.2 Å². The van der Waals surface area contributed by atoms with Crippen LogP contribution in [-0.2, 0) is 66.1 Å². The number of nitrogens with zero attached hydrogens (tertiary/aromatic N) is 1. The van der Waals surface area contributed by atoms with Gasteiger partial charge >= 0.3 is 5.97 Å². The number of hydrogen-bond acceptors (Lipinski definition) is 11. The third-order valence-corrected chi connectivity index (χ3v) is 10.3. The van der Waals surface area contributed by atoms with Crippen molar-refractivity contribution in [2.24, 2.45) is 5.92 Å². The van der Waals surface area contributed by atoms with Gasteiger partial charge in [0.15, 0.2) is 0 Å². The number of aldehydes is 1. The summed E-state index contributed by atoms with van der Waals surface area (Å²) in [6.07, 6.45) is 36.1. The van der Waals surface area contributed by atoms with Crippen LogP contribution in [0.5, 0.6) is 0 Å². The van der Waals surface area contributed by atoms with E-state index in [1.807, 2.05) is 13.8 Å². The van der Waals surface area contributed by atoms with Crippen molar-refractivity contribution in [1.29, 1.82) is 0 Å². The maximum Gasteiger partial charge on any atom is 0.305 e. The molecule has 0 heterocycles. The van der Waals surface area contributed by atoms with Crippen LogP contribution in [0.15, 0.2) is 12.3 Å². The molecule has 0 aromatic rings. The van der Waals surface area contributed by atoms with E-state index < -0.39 is 0 Å². The molecule has 0 aliphatic heterocycles. The van der Waals surface area contributed by atoms with Crippen LogP contribution < -0.4 is 0 Å². The molecule has 1 unspecified atom stereocenters. The Morgan fingerprint density at radius 2 is 1.03 bits per heavy atom. The molecule has 0 aromatic heterocycles. The predicted molar refractivity (Wildman–Crippen MR) is 271 cm³/mol. The van der Waals surface area contributed by atoms with Crippen molar-refractivity contribution in [2.45, 2.75) is 235 Å².